The van der Waals surface area contributed by atoms with Crippen molar-refractivity contribution in [1.82, 2.24) is 0 Å². The maximum atomic E-state index is 12.8. The van der Waals surface area contributed by atoms with Gasteiger partial charge in [-0.25, -0.2) is 0 Å². The van der Waals surface area contributed by atoms with Crippen LogP contribution in [-0.2, 0) is 52.4 Å². The Hall–Kier alpha value is -3.05. The first-order chi connectivity index (χ1) is 24.3. The fourth-order valence-electron chi connectivity index (χ4n) is 10.8. The second kappa shape index (κ2) is 15.7. The second-order valence-electron chi connectivity index (χ2n) is 17.0. The van der Waals surface area contributed by atoms with Crippen molar-refractivity contribution in [1.29, 1.82) is 0 Å². The third-order valence-electron chi connectivity index (χ3n) is 12.8. The van der Waals surface area contributed by atoms with E-state index in [1.807, 2.05) is 6.08 Å². The highest BCUT2D eigenvalue weighted by Gasteiger charge is 2.61. The van der Waals surface area contributed by atoms with Crippen LogP contribution in [-0.4, -0.2) is 72.6 Å². The zero-order valence-electron chi connectivity index (χ0n) is 32.7. The van der Waals surface area contributed by atoms with E-state index in [2.05, 4.69) is 40.7 Å². The summed E-state index contributed by atoms with van der Waals surface area (Å²) in [6, 6.07) is 0. The number of allylic oxidation sites excluding steroid dienone is 4. The molecular weight excluding hydrogens is 668 g/mol. The van der Waals surface area contributed by atoms with Gasteiger partial charge in [-0.1, -0.05) is 44.9 Å². The predicted octanol–water partition coefficient (Wildman–Crippen LogP) is 6.59. The summed E-state index contributed by atoms with van der Waals surface area (Å²) in [6.07, 6.45) is 4.95. The number of ketones is 1. The van der Waals surface area contributed by atoms with Gasteiger partial charge in [-0.2, -0.15) is 0 Å². The minimum absolute atomic E-state index is 0.0142. The second-order valence-corrected chi connectivity index (χ2v) is 17.0. The van der Waals surface area contributed by atoms with Gasteiger partial charge in [-0.15, -0.1) is 0 Å². The van der Waals surface area contributed by atoms with Gasteiger partial charge in [0, 0.05) is 40.0 Å². The van der Waals surface area contributed by atoms with E-state index >= 15 is 0 Å². The van der Waals surface area contributed by atoms with Crippen molar-refractivity contribution in [2.24, 2.45) is 40.4 Å². The van der Waals surface area contributed by atoms with E-state index in [9.17, 15) is 24.0 Å². The van der Waals surface area contributed by atoms with Crippen LogP contribution >= 0.6 is 0 Å². The Kier molecular flexibility index (Phi) is 12.1. The van der Waals surface area contributed by atoms with Crippen molar-refractivity contribution < 1.29 is 52.4 Å². The molecule has 11 heteroatoms. The monoisotopic (exact) mass is 728 g/mol. The van der Waals surface area contributed by atoms with Crippen LogP contribution in [0.4, 0.5) is 0 Å². The van der Waals surface area contributed by atoms with Crippen LogP contribution < -0.4 is 0 Å². The van der Waals surface area contributed by atoms with Gasteiger partial charge in [0.1, 0.15) is 6.10 Å². The van der Waals surface area contributed by atoms with Gasteiger partial charge >= 0.3 is 23.9 Å². The summed E-state index contributed by atoms with van der Waals surface area (Å²) in [7, 11) is 0. The van der Waals surface area contributed by atoms with Crippen molar-refractivity contribution in [3.05, 3.63) is 23.3 Å². The third kappa shape index (κ3) is 8.20. The highest BCUT2D eigenvalue weighted by atomic mass is 16.7. The number of fused-ring (bicyclic) bond motifs is 5. The van der Waals surface area contributed by atoms with Gasteiger partial charge in [0.25, 0.3) is 0 Å². The van der Waals surface area contributed by atoms with Gasteiger partial charge in [0.2, 0.25) is 0 Å². The van der Waals surface area contributed by atoms with E-state index in [-0.39, 0.29) is 46.6 Å². The quantitative estimate of drug-likeness (QED) is 0.0791. The fourth-order valence-corrected chi connectivity index (χ4v) is 10.8. The summed E-state index contributed by atoms with van der Waals surface area (Å²) >= 11 is 0. The Bertz CT molecular complexity index is 1460. The molecule has 13 atom stereocenters. The van der Waals surface area contributed by atoms with Crippen molar-refractivity contribution in [2.45, 2.75) is 164 Å². The smallest absolute Gasteiger partial charge is 0.303 e. The summed E-state index contributed by atoms with van der Waals surface area (Å²) in [5.74, 6) is -0.652. The average Bonchev–Trinajstić information content (AvgIpc) is 3.37. The van der Waals surface area contributed by atoms with Crippen molar-refractivity contribution in [2.75, 3.05) is 0 Å². The SMILES string of the molecule is CC(=O)OC1C[C@@H]2C(=CC[C@]3(C)[C@@H](/C(C)=C/C(=O)CC(C)C)CC[C@@H]23)[C@@]2(C)CCC(OC3OC(C)C(OC(C)=O)C(OC(C)=O)C3OC(C)=O)CC12. The minimum Gasteiger partial charge on any atom is -0.462 e. The molecule has 4 fully saturated rings. The van der Waals surface area contributed by atoms with Crippen LogP contribution in [0.25, 0.3) is 0 Å². The highest BCUT2D eigenvalue weighted by molar-refractivity contribution is 5.90. The Balaban J connectivity index is 1.40. The first kappa shape index (κ1) is 40.1. The molecule has 1 heterocycles. The largest absolute Gasteiger partial charge is 0.462 e. The number of hydrogen-bond donors (Lipinski definition) is 0. The topological polar surface area (TPSA) is 141 Å². The summed E-state index contributed by atoms with van der Waals surface area (Å²) in [5.41, 5.74) is 2.43. The molecule has 0 aromatic carbocycles. The van der Waals surface area contributed by atoms with Gasteiger partial charge in [-0.3, -0.25) is 24.0 Å². The zero-order valence-corrected chi connectivity index (χ0v) is 32.7. The van der Waals surface area contributed by atoms with E-state index in [1.54, 1.807) is 6.92 Å². The predicted molar refractivity (Wildman–Crippen MR) is 190 cm³/mol. The zero-order chi connectivity index (χ0) is 38.3. The van der Waals surface area contributed by atoms with E-state index in [0.717, 1.165) is 32.1 Å². The lowest BCUT2D eigenvalue weighted by Crippen LogP contribution is -2.62. The minimum atomic E-state index is -1.18. The van der Waals surface area contributed by atoms with Crippen LogP contribution in [0.3, 0.4) is 0 Å². The van der Waals surface area contributed by atoms with Crippen LogP contribution in [0.15, 0.2) is 23.3 Å². The van der Waals surface area contributed by atoms with Crippen LogP contribution in [0.2, 0.25) is 0 Å². The Morgan fingerprint density at radius 3 is 2.06 bits per heavy atom. The Morgan fingerprint density at radius 2 is 1.44 bits per heavy atom. The van der Waals surface area contributed by atoms with Crippen molar-refractivity contribution >= 4 is 29.7 Å². The molecule has 0 aromatic heterocycles. The lowest BCUT2D eigenvalue weighted by Gasteiger charge is -2.59. The average molecular weight is 729 g/mol. The standard InChI is InChI=1S/C41H60O11/c1-21(2)17-28(46)18-22(3)31-11-12-32-30-20-35(48-24(5)42)34-19-29(13-15-41(34,10)33(30)14-16-40(31,32)9)52-39-38(51-27(8)45)37(50-26(7)44)36(23(4)47-39)49-25(6)43/h14,18,21,23,29-32,34-39H,11-13,15-17,19-20H2,1-10H3/b22-18+/t23?,29?,30-,31+,32-,34?,35?,36?,37?,38?,39?,40+,41+/m0/s1. The van der Waals surface area contributed by atoms with Gasteiger partial charge in [0.05, 0.1) is 12.2 Å². The van der Waals surface area contributed by atoms with Crippen LogP contribution in [0.5, 0.6) is 0 Å². The summed E-state index contributed by atoms with van der Waals surface area (Å²) in [4.78, 5) is 61.8. The number of carbonyl (C=O) groups excluding carboxylic acids is 5. The van der Waals surface area contributed by atoms with E-state index in [4.69, 9.17) is 28.4 Å². The molecule has 11 nitrogen and oxygen atoms in total. The molecule has 5 rings (SSSR count). The Morgan fingerprint density at radius 1 is 0.827 bits per heavy atom. The Labute approximate surface area is 308 Å². The molecule has 0 radical (unpaired) electrons. The van der Waals surface area contributed by atoms with Gasteiger partial charge in [-0.05, 0) is 99.4 Å². The molecule has 290 valence electrons. The first-order valence-electron chi connectivity index (χ1n) is 19.2. The van der Waals surface area contributed by atoms with Crippen LogP contribution in [0.1, 0.15) is 121 Å². The normalized spacial score (nSPS) is 40.0. The summed E-state index contributed by atoms with van der Waals surface area (Å²) in [6.45, 7) is 17.9. The molecule has 0 amide bonds. The lowest BCUT2D eigenvalue weighted by atomic mass is 9.47. The number of ether oxygens (including phenoxy) is 6. The number of rotatable bonds is 10. The number of hydrogen-bond acceptors (Lipinski definition) is 11. The molecule has 1 aliphatic heterocycles. The van der Waals surface area contributed by atoms with Crippen molar-refractivity contribution in [3.8, 4) is 0 Å². The van der Waals surface area contributed by atoms with E-state index in [1.165, 1.54) is 38.8 Å². The highest BCUT2D eigenvalue weighted by Crippen LogP contribution is 2.66. The molecule has 1 saturated heterocycles. The molecule has 0 aromatic rings. The number of carbonyl (C=O) groups is 5. The van der Waals surface area contributed by atoms with Gasteiger partial charge in [0.15, 0.2) is 30.4 Å². The molecule has 5 aliphatic rings. The van der Waals surface area contributed by atoms with Crippen molar-refractivity contribution in [3.63, 3.8) is 0 Å². The molecule has 4 aliphatic carbocycles. The summed E-state index contributed by atoms with van der Waals surface area (Å²) < 4.78 is 35.7. The van der Waals surface area contributed by atoms with E-state index in [0.29, 0.717) is 37.0 Å². The lowest BCUT2D eigenvalue weighted by molar-refractivity contribution is -0.314. The molecule has 0 N–H and O–H groups in total. The molecular formula is C41H60O11. The molecule has 52 heavy (non-hydrogen) atoms. The molecule has 0 bridgehead atoms. The van der Waals surface area contributed by atoms with Gasteiger partial charge < -0.3 is 28.4 Å². The fraction of sp³-hybridized carbons (Fsp3) is 0.780. The molecule has 8 unspecified atom stereocenters. The third-order valence-corrected chi connectivity index (χ3v) is 12.8. The number of esters is 4. The van der Waals surface area contributed by atoms with E-state index < -0.39 is 48.6 Å². The maximum absolute atomic E-state index is 12.8. The first-order valence-corrected chi connectivity index (χ1v) is 19.2. The summed E-state index contributed by atoms with van der Waals surface area (Å²) in [5, 5.41) is 0. The van der Waals surface area contributed by atoms with Crippen LogP contribution in [0, 0.1) is 40.4 Å². The molecule has 3 saturated carbocycles. The molecule has 0 spiro atoms. The maximum Gasteiger partial charge on any atom is 0.303 e.